The summed E-state index contributed by atoms with van der Waals surface area (Å²) >= 11 is 5.88. The highest BCUT2D eigenvalue weighted by Crippen LogP contribution is 2.33. The van der Waals surface area contributed by atoms with Gasteiger partial charge in [0.2, 0.25) is 0 Å². The zero-order valence-electron chi connectivity index (χ0n) is 17.0. The molecular formula is C25H33NS. The fourth-order valence-electron chi connectivity index (χ4n) is 3.51. The monoisotopic (exact) mass is 379 g/mol. The van der Waals surface area contributed by atoms with Gasteiger partial charge in [-0.05, 0) is 17.5 Å². The molecule has 0 aliphatic carbocycles. The van der Waals surface area contributed by atoms with Gasteiger partial charge in [0.15, 0.2) is 0 Å². The van der Waals surface area contributed by atoms with Crippen molar-refractivity contribution in [3.8, 4) is 0 Å². The molecule has 0 aromatic heterocycles. The van der Waals surface area contributed by atoms with Gasteiger partial charge in [0.1, 0.15) is 0 Å². The van der Waals surface area contributed by atoms with E-state index in [1.54, 1.807) is 0 Å². The fourth-order valence-corrected chi connectivity index (χ4v) is 3.78. The Balaban J connectivity index is 2.30. The van der Waals surface area contributed by atoms with Crippen molar-refractivity contribution in [2.75, 3.05) is 14.1 Å². The van der Waals surface area contributed by atoms with Gasteiger partial charge in [-0.15, -0.1) is 0 Å². The standard InChI is InChI=1S/C25H33NS/c1-4-5-6-13-18-24(25(27)26(2)3)23(22-16-11-8-12-17-22)20-19-21-14-9-7-10-15-21/h7-12,14-17,19-20,23-24H,4-6,13,18H2,1-3H3/b20-19+. The predicted molar refractivity (Wildman–Crippen MR) is 123 cm³/mol. The lowest BCUT2D eigenvalue weighted by Gasteiger charge is -2.30. The SMILES string of the molecule is CCCCCCC(C(=S)N(C)C)C(/C=C/c1ccccc1)c1ccccc1. The third kappa shape index (κ3) is 6.95. The summed E-state index contributed by atoms with van der Waals surface area (Å²) in [6, 6.07) is 21.4. The van der Waals surface area contributed by atoms with Gasteiger partial charge in [-0.1, -0.05) is 118 Å². The molecular weight excluding hydrogens is 346 g/mol. The molecule has 0 fully saturated rings. The summed E-state index contributed by atoms with van der Waals surface area (Å²) in [7, 11) is 4.15. The smallest absolute Gasteiger partial charge is 0.0814 e. The van der Waals surface area contributed by atoms with E-state index in [0.29, 0.717) is 11.8 Å². The Hall–Kier alpha value is -1.93. The predicted octanol–water partition coefficient (Wildman–Crippen LogP) is 6.96. The van der Waals surface area contributed by atoms with Crippen molar-refractivity contribution in [1.82, 2.24) is 4.90 Å². The third-order valence-electron chi connectivity index (χ3n) is 5.04. The topological polar surface area (TPSA) is 3.24 Å². The number of unbranched alkanes of at least 4 members (excludes halogenated alkanes) is 3. The molecule has 0 N–H and O–H groups in total. The van der Waals surface area contributed by atoms with Crippen molar-refractivity contribution in [3.05, 3.63) is 77.9 Å². The molecule has 2 atom stereocenters. The molecule has 2 aromatic carbocycles. The van der Waals surface area contributed by atoms with Crippen LogP contribution in [0.2, 0.25) is 0 Å². The average Bonchev–Trinajstić information content (AvgIpc) is 2.70. The normalized spacial score (nSPS) is 13.4. The quantitative estimate of drug-likeness (QED) is 0.324. The Morgan fingerprint density at radius 1 is 0.926 bits per heavy atom. The molecule has 0 radical (unpaired) electrons. The zero-order chi connectivity index (χ0) is 19.5. The van der Waals surface area contributed by atoms with Gasteiger partial charge in [-0.2, -0.15) is 0 Å². The van der Waals surface area contributed by atoms with Crippen molar-refractivity contribution >= 4 is 23.3 Å². The summed E-state index contributed by atoms with van der Waals surface area (Å²) in [6.45, 7) is 2.26. The number of nitrogens with zero attached hydrogens (tertiary/aromatic N) is 1. The Morgan fingerprint density at radius 3 is 2.15 bits per heavy atom. The van der Waals surface area contributed by atoms with E-state index in [9.17, 15) is 0 Å². The number of allylic oxidation sites excluding steroid dienone is 1. The largest absolute Gasteiger partial charge is 0.372 e. The first-order valence-corrected chi connectivity index (χ1v) is 10.5. The van der Waals surface area contributed by atoms with E-state index in [4.69, 9.17) is 12.2 Å². The lowest BCUT2D eigenvalue weighted by Crippen LogP contribution is -2.31. The van der Waals surface area contributed by atoms with Gasteiger partial charge in [-0.3, -0.25) is 0 Å². The maximum atomic E-state index is 5.88. The summed E-state index contributed by atoms with van der Waals surface area (Å²) in [6.07, 6.45) is 10.8. The molecule has 0 bridgehead atoms. The van der Waals surface area contributed by atoms with E-state index in [1.165, 1.54) is 36.8 Å². The average molecular weight is 380 g/mol. The van der Waals surface area contributed by atoms with Crippen LogP contribution in [0.4, 0.5) is 0 Å². The Bertz CT molecular complexity index is 691. The first-order valence-electron chi connectivity index (χ1n) is 10.1. The Kier molecular flexibility index (Phi) is 9.27. The summed E-state index contributed by atoms with van der Waals surface area (Å²) in [4.78, 5) is 3.17. The highest BCUT2D eigenvalue weighted by atomic mass is 32.1. The molecule has 0 heterocycles. The third-order valence-corrected chi connectivity index (χ3v) is 5.71. The summed E-state index contributed by atoms with van der Waals surface area (Å²) < 4.78 is 0. The van der Waals surface area contributed by atoms with Crippen molar-refractivity contribution in [2.24, 2.45) is 5.92 Å². The van der Waals surface area contributed by atoms with Gasteiger partial charge in [0.05, 0.1) is 4.99 Å². The van der Waals surface area contributed by atoms with Gasteiger partial charge in [-0.25, -0.2) is 0 Å². The highest BCUT2D eigenvalue weighted by Gasteiger charge is 2.25. The van der Waals surface area contributed by atoms with Crippen LogP contribution in [0.3, 0.4) is 0 Å². The van der Waals surface area contributed by atoms with Crippen molar-refractivity contribution in [3.63, 3.8) is 0 Å². The summed E-state index contributed by atoms with van der Waals surface area (Å²) in [5.41, 5.74) is 2.58. The second-order valence-corrected chi connectivity index (χ2v) is 7.81. The molecule has 27 heavy (non-hydrogen) atoms. The second kappa shape index (κ2) is 11.7. The molecule has 1 nitrogen and oxygen atoms in total. The number of hydrogen-bond acceptors (Lipinski definition) is 1. The van der Waals surface area contributed by atoms with E-state index in [2.05, 4.69) is 98.7 Å². The molecule has 2 aromatic rings. The van der Waals surface area contributed by atoms with Gasteiger partial charge in [0.25, 0.3) is 0 Å². The van der Waals surface area contributed by atoms with Crippen LogP contribution in [-0.4, -0.2) is 24.0 Å². The van der Waals surface area contributed by atoms with Crippen molar-refractivity contribution in [2.45, 2.75) is 44.9 Å². The van der Waals surface area contributed by atoms with Crippen LogP contribution >= 0.6 is 12.2 Å². The van der Waals surface area contributed by atoms with E-state index in [0.717, 1.165) is 11.4 Å². The summed E-state index contributed by atoms with van der Waals surface area (Å²) in [5, 5.41) is 0. The lowest BCUT2D eigenvalue weighted by molar-refractivity contribution is 0.476. The van der Waals surface area contributed by atoms with Crippen LogP contribution in [0.5, 0.6) is 0 Å². The number of thiocarbonyl (C=S) groups is 1. The van der Waals surface area contributed by atoms with Crippen LogP contribution in [0.25, 0.3) is 6.08 Å². The molecule has 0 amide bonds. The van der Waals surface area contributed by atoms with Crippen LogP contribution in [0.1, 0.15) is 56.1 Å². The molecule has 2 unspecified atom stereocenters. The second-order valence-electron chi connectivity index (χ2n) is 7.39. The molecule has 144 valence electrons. The van der Waals surface area contributed by atoms with E-state index >= 15 is 0 Å². The maximum Gasteiger partial charge on any atom is 0.0814 e. The molecule has 0 saturated carbocycles. The highest BCUT2D eigenvalue weighted by molar-refractivity contribution is 7.80. The minimum Gasteiger partial charge on any atom is -0.372 e. The van der Waals surface area contributed by atoms with E-state index in [-0.39, 0.29) is 0 Å². The van der Waals surface area contributed by atoms with Crippen LogP contribution in [0, 0.1) is 5.92 Å². The van der Waals surface area contributed by atoms with Crippen LogP contribution < -0.4 is 0 Å². The molecule has 0 spiro atoms. The Labute approximate surface area is 171 Å². The molecule has 2 heteroatoms. The number of rotatable bonds is 10. The van der Waals surface area contributed by atoms with Crippen LogP contribution in [0.15, 0.2) is 66.7 Å². The molecule has 0 aliphatic heterocycles. The lowest BCUT2D eigenvalue weighted by atomic mass is 9.81. The first-order chi connectivity index (χ1) is 13.1. The van der Waals surface area contributed by atoms with E-state index in [1.807, 2.05) is 0 Å². The zero-order valence-corrected chi connectivity index (χ0v) is 17.8. The Morgan fingerprint density at radius 2 is 1.56 bits per heavy atom. The van der Waals surface area contributed by atoms with E-state index < -0.39 is 0 Å². The maximum absolute atomic E-state index is 5.88. The van der Waals surface area contributed by atoms with Gasteiger partial charge >= 0.3 is 0 Å². The molecule has 2 rings (SSSR count). The van der Waals surface area contributed by atoms with Gasteiger partial charge < -0.3 is 4.90 Å². The van der Waals surface area contributed by atoms with Crippen LogP contribution in [-0.2, 0) is 0 Å². The van der Waals surface area contributed by atoms with Crippen molar-refractivity contribution < 1.29 is 0 Å². The van der Waals surface area contributed by atoms with Crippen molar-refractivity contribution in [1.29, 1.82) is 0 Å². The summed E-state index contributed by atoms with van der Waals surface area (Å²) in [5.74, 6) is 0.636. The molecule has 0 aliphatic rings. The molecule has 0 saturated heterocycles. The number of hydrogen-bond donors (Lipinski definition) is 0. The minimum atomic E-state index is 0.294. The number of benzene rings is 2. The fraction of sp³-hybridized carbons (Fsp3) is 0.400. The van der Waals surface area contributed by atoms with Gasteiger partial charge in [0, 0.05) is 25.9 Å². The first kappa shape index (κ1) is 21.4. The minimum absolute atomic E-state index is 0.294.